The average molecular weight is 261 g/mol. The van der Waals surface area contributed by atoms with Crippen LogP contribution in [-0.2, 0) is 11.2 Å². The van der Waals surface area contributed by atoms with E-state index in [9.17, 15) is 0 Å². The van der Waals surface area contributed by atoms with Crippen molar-refractivity contribution < 1.29 is 9.47 Å². The molecule has 0 saturated carbocycles. The number of benzene rings is 1. The van der Waals surface area contributed by atoms with Crippen LogP contribution < -0.4 is 10.1 Å². The smallest absolute Gasteiger partial charge is 0.127 e. The molecule has 0 amide bonds. The van der Waals surface area contributed by atoms with Gasteiger partial charge < -0.3 is 14.8 Å². The van der Waals surface area contributed by atoms with Gasteiger partial charge >= 0.3 is 0 Å². The molecule has 0 spiro atoms. The Bertz CT molecular complexity index is 427. The summed E-state index contributed by atoms with van der Waals surface area (Å²) in [7, 11) is 0. The van der Waals surface area contributed by atoms with Crippen molar-refractivity contribution in [2.75, 3.05) is 26.4 Å². The molecule has 1 fully saturated rings. The van der Waals surface area contributed by atoms with Crippen molar-refractivity contribution in [3.63, 3.8) is 0 Å². The van der Waals surface area contributed by atoms with Crippen molar-refractivity contribution in [2.24, 2.45) is 5.92 Å². The summed E-state index contributed by atoms with van der Waals surface area (Å²) >= 11 is 0. The second-order valence-electron chi connectivity index (χ2n) is 5.45. The summed E-state index contributed by atoms with van der Waals surface area (Å²) in [5.41, 5.74) is 2.68. The molecule has 0 aliphatic carbocycles. The quantitative estimate of drug-likeness (QED) is 0.904. The minimum absolute atomic E-state index is 0.360. The summed E-state index contributed by atoms with van der Waals surface area (Å²) in [6.45, 7) is 5.75. The topological polar surface area (TPSA) is 30.5 Å². The second kappa shape index (κ2) is 5.93. The van der Waals surface area contributed by atoms with E-state index in [0.29, 0.717) is 12.0 Å². The molecular formula is C16H23NO2. The highest BCUT2D eigenvalue weighted by Gasteiger charge is 2.29. The minimum atomic E-state index is 0.360. The molecule has 104 valence electrons. The van der Waals surface area contributed by atoms with Crippen LogP contribution >= 0.6 is 0 Å². The fourth-order valence-electron chi connectivity index (χ4n) is 3.26. The number of hydrogen-bond acceptors (Lipinski definition) is 3. The second-order valence-corrected chi connectivity index (χ2v) is 5.45. The predicted molar refractivity (Wildman–Crippen MR) is 75.6 cm³/mol. The summed E-state index contributed by atoms with van der Waals surface area (Å²) in [6.07, 6.45) is 3.45. The maximum absolute atomic E-state index is 5.87. The monoisotopic (exact) mass is 261 g/mol. The molecule has 3 heteroatoms. The molecule has 1 N–H and O–H groups in total. The number of fused-ring (bicyclic) bond motifs is 1. The molecule has 2 unspecified atom stereocenters. The lowest BCUT2D eigenvalue weighted by atomic mass is 9.87. The van der Waals surface area contributed by atoms with Crippen LogP contribution in [-0.4, -0.2) is 26.4 Å². The first-order chi connectivity index (χ1) is 9.40. The van der Waals surface area contributed by atoms with E-state index in [2.05, 4.69) is 30.4 Å². The summed E-state index contributed by atoms with van der Waals surface area (Å²) in [5, 5.41) is 3.64. The van der Waals surface area contributed by atoms with Gasteiger partial charge in [0.1, 0.15) is 5.75 Å². The molecule has 0 radical (unpaired) electrons. The maximum Gasteiger partial charge on any atom is 0.127 e. The molecular weight excluding hydrogens is 238 g/mol. The van der Waals surface area contributed by atoms with Gasteiger partial charge in [0, 0.05) is 30.6 Å². The highest BCUT2D eigenvalue weighted by molar-refractivity contribution is 5.46. The molecule has 2 heterocycles. The Morgan fingerprint density at radius 2 is 2.32 bits per heavy atom. The summed E-state index contributed by atoms with van der Waals surface area (Å²) in [6, 6.07) is 6.92. The van der Waals surface area contributed by atoms with Gasteiger partial charge in [-0.3, -0.25) is 0 Å². The van der Waals surface area contributed by atoms with E-state index in [4.69, 9.17) is 9.47 Å². The van der Waals surface area contributed by atoms with Crippen LogP contribution in [0.15, 0.2) is 18.2 Å². The van der Waals surface area contributed by atoms with E-state index >= 15 is 0 Å². The number of para-hydroxylation sites is 1. The molecule has 0 bridgehead atoms. The number of nitrogens with one attached hydrogen (secondary N) is 1. The van der Waals surface area contributed by atoms with Crippen LogP contribution in [0.3, 0.4) is 0 Å². The summed E-state index contributed by atoms with van der Waals surface area (Å²) in [4.78, 5) is 0. The van der Waals surface area contributed by atoms with Crippen LogP contribution in [0.5, 0.6) is 5.75 Å². The molecule has 0 aromatic heterocycles. The first-order valence-corrected chi connectivity index (χ1v) is 7.46. The lowest BCUT2D eigenvalue weighted by molar-refractivity contribution is 0.0389. The standard InChI is InChI=1S/C16H23NO2/c1-2-17-15(13-6-4-9-18-11-13)14-7-3-5-12-8-10-19-16(12)14/h3,5,7,13,15,17H,2,4,6,8-11H2,1H3. The zero-order chi connectivity index (χ0) is 13.1. The van der Waals surface area contributed by atoms with Gasteiger partial charge in [-0.15, -0.1) is 0 Å². The Morgan fingerprint density at radius 3 is 3.11 bits per heavy atom. The maximum atomic E-state index is 5.87. The van der Waals surface area contributed by atoms with Crippen LogP contribution in [0.1, 0.15) is 36.9 Å². The third-order valence-electron chi connectivity index (χ3n) is 4.17. The van der Waals surface area contributed by atoms with Gasteiger partial charge in [-0.25, -0.2) is 0 Å². The van der Waals surface area contributed by atoms with E-state index in [0.717, 1.165) is 38.5 Å². The number of hydrogen-bond donors (Lipinski definition) is 1. The SMILES string of the molecule is CCNC(c1cccc2c1OCC2)C1CCCOC1. The van der Waals surface area contributed by atoms with E-state index in [1.807, 2.05) is 0 Å². The highest BCUT2D eigenvalue weighted by atomic mass is 16.5. The van der Waals surface area contributed by atoms with E-state index in [1.54, 1.807) is 0 Å². The number of ether oxygens (including phenoxy) is 2. The van der Waals surface area contributed by atoms with Gasteiger partial charge in [0.25, 0.3) is 0 Å². The van der Waals surface area contributed by atoms with E-state index < -0.39 is 0 Å². The molecule has 3 nitrogen and oxygen atoms in total. The molecule has 1 aromatic carbocycles. The minimum Gasteiger partial charge on any atom is -0.493 e. The lowest BCUT2D eigenvalue weighted by Gasteiger charge is -2.32. The van der Waals surface area contributed by atoms with Gasteiger partial charge in [-0.1, -0.05) is 25.1 Å². The highest BCUT2D eigenvalue weighted by Crippen LogP contribution is 2.38. The molecule has 2 atom stereocenters. The first kappa shape index (κ1) is 12.9. The average Bonchev–Trinajstić information content (AvgIpc) is 2.94. The normalized spacial score (nSPS) is 23.7. The van der Waals surface area contributed by atoms with Crippen molar-refractivity contribution in [2.45, 2.75) is 32.2 Å². The third-order valence-corrected chi connectivity index (χ3v) is 4.17. The van der Waals surface area contributed by atoms with E-state index in [-0.39, 0.29) is 0 Å². The van der Waals surface area contributed by atoms with Gasteiger partial charge in [-0.05, 0) is 24.9 Å². The van der Waals surface area contributed by atoms with Crippen molar-refractivity contribution in [1.29, 1.82) is 0 Å². The van der Waals surface area contributed by atoms with Crippen molar-refractivity contribution in [1.82, 2.24) is 5.32 Å². The van der Waals surface area contributed by atoms with Crippen molar-refractivity contribution >= 4 is 0 Å². The molecule has 3 rings (SSSR count). The number of rotatable bonds is 4. The first-order valence-electron chi connectivity index (χ1n) is 7.46. The Hall–Kier alpha value is -1.06. The van der Waals surface area contributed by atoms with Gasteiger partial charge in [0.15, 0.2) is 0 Å². The van der Waals surface area contributed by atoms with Crippen molar-refractivity contribution in [3.05, 3.63) is 29.3 Å². The molecule has 2 aliphatic rings. The molecule has 2 aliphatic heterocycles. The molecule has 1 saturated heterocycles. The van der Waals surface area contributed by atoms with Crippen LogP contribution in [0.2, 0.25) is 0 Å². The fourth-order valence-corrected chi connectivity index (χ4v) is 3.26. The molecule has 19 heavy (non-hydrogen) atoms. The lowest BCUT2D eigenvalue weighted by Crippen LogP contribution is -2.33. The summed E-state index contributed by atoms with van der Waals surface area (Å²) in [5.74, 6) is 1.68. The van der Waals surface area contributed by atoms with Crippen LogP contribution in [0.25, 0.3) is 0 Å². The van der Waals surface area contributed by atoms with Gasteiger partial charge in [0.2, 0.25) is 0 Å². The van der Waals surface area contributed by atoms with Crippen LogP contribution in [0, 0.1) is 5.92 Å². The summed E-state index contributed by atoms with van der Waals surface area (Å²) < 4.78 is 11.5. The predicted octanol–water partition coefficient (Wildman–Crippen LogP) is 2.70. The Kier molecular flexibility index (Phi) is 4.04. The largest absolute Gasteiger partial charge is 0.493 e. The zero-order valence-corrected chi connectivity index (χ0v) is 11.7. The fraction of sp³-hybridized carbons (Fsp3) is 0.625. The third kappa shape index (κ3) is 2.63. The molecule has 1 aromatic rings. The van der Waals surface area contributed by atoms with Crippen LogP contribution in [0.4, 0.5) is 0 Å². The van der Waals surface area contributed by atoms with Crippen molar-refractivity contribution in [3.8, 4) is 5.75 Å². The Morgan fingerprint density at radius 1 is 1.37 bits per heavy atom. The Labute approximate surface area is 115 Å². The van der Waals surface area contributed by atoms with E-state index in [1.165, 1.54) is 24.0 Å². The zero-order valence-electron chi connectivity index (χ0n) is 11.7. The van der Waals surface area contributed by atoms with Gasteiger partial charge in [-0.2, -0.15) is 0 Å². The Balaban J connectivity index is 1.89. The van der Waals surface area contributed by atoms with Gasteiger partial charge in [0.05, 0.1) is 13.2 Å².